The summed E-state index contributed by atoms with van der Waals surface area (Å²) in [5.41, 5.74) is 0. The largest absolute Gasteiger partial charge is 0.478 e. The van der Waals surface area contributed by atoms with Crippen LogP contribution in [0.25, 0.3) is 0 Å². The first-order valence-electron chi connectivity index (χ1n) is 4.37. The molecule has 0 amide bonds. The Bertz CT molecular complexity index is 197. The molecule has 0 aliphatic carbocycles. The van der Waals surface area contributed by atoms with Gasteiger partial charge in [0.05, 0.1) is 6.61 Å². The Morgan fingerprint density at radius 1 is 1.77 bits per heavy atom. The van der Waals surface area contributed by atoms with Crippen molar-refractivity contribution in [1.82, 2.24) is 4.90 Å². The fraction of sp³-hybridized carbons (Fsp3) is 0.667. The highest BCUT2D eigenvalue weighted by Crippen LogP contribution is 2.09. The summed E-state index contributed by atoms with van der Waals surface area (Å²) < 4.78 is 5.22. The highest BCUT2D eigenvalue weighted by molar-refractivity contribution is 5.79. The van der Waals surface area contributed by atoms with Gasteiger partial charge in [0.15, 0.2) is 0 Å². The summed E-state index contributed by atoms with van der Waals surface area (Å²) in [6.07, 6.45) is 3.87. The smallest absolute Gasteiger partial charge is 0.328 e. The maximum Gasteiger partial charge on any atom is 0.328 e. The number of hydrogen-bond acceptors (Lipinski definition) is 3. The van der Waals surface area contributed by atoms with Gasteiger partial charge in [0.1, 0.15) is 0 Å². The molecular weight excluding hydrogens is 170 g/mol. The molecule has 1 aliphatic heterocycles. The van der Waals surface area contributed by atoms with Crippen LogP contribution in [0.4, 0.5) is 0 Å². The summed E-state index contributed by atoms with van der Waals surface area (Å²) in [6, 6.07) is 0.443. The third kappa shape index (κ3) is 3.57. The Morgan fingerprint density at radius 2 is 2.54 bits per heavy atom. The van der Waals surface area contributed by atoms with E-state index in [0.29, 0.717) is 12.6 Å². The Morgan fingerprint density at radius 3 is 3.08 bits per heavy atom. The van der Waals surface area contributed by atoms with Crippen LogP contribution in [0.1, 0.15) is 6.42 Å². The van der Waals surface area contributed by atoms with Crippen molar-refractivity contribution >= 4 is 5.97 Å². The Labute approximate surface area is 77.8 Å². The van der Waals surface area contributed by atoms with Crippen LogP contribution in [-0.4, -0.2) is 48.8 Å². The molecular formula is C9H15NO3. The van der Waals surface area contributed by atoms with Crippen LogP contribution < -0.4 is 0 Å². The molecule has 0 unspecified atom stereocenters. The molecule has 1 saturated heterocycles. The molecule has 0 saturated carbocycles. The highest BCUT2D eigenvalue weighted by atomic mass is 16.5. The normalized spacial score (nSPS) is 23.1. The molecule has 1 N–H and O–H groups in total. The van der Waals surface area contributed by atoms with Crippen LogP contribution in [0.3, 0.4) is 0 Å². The van der Waals surface area contributed by atoms with Crippen LogP contribution in [0, 0.1) is 0 Å². The average molecular weight is 185 g/mol. The monoisotopic (exact) mass is 185 g/mol. The zero-order valence-corrected chi connectivity index (χ0v) is 7.77. The van der Waals surface area contributed by atoms with E-state index in [1.165, 1.54) is 6.08 Å². The van der Waals surface area contributed by atoms with Gasteiger partial charge in [-0.05, 0) is 13.5 Å². The number of carboxylic acids is 1. The summed E-state index contributed by atoms with van der Waals surface area (Å²) >= 11 is 0. The highest BCUT2D eigenvalue weighted by Gasteiger charge is 2.18. The van der Waals surface area contributed by atoms with E-state index in [2.05, 4.69) is 4.90 Å². The molecule has 74 valence electrons. The topological polar surface area (TPSA) is 49.8 Å². The van der Waals surface area contributed by atoms with Gasteiger partial charge >= 0.3 is 5.97 Å². The fourth-order valence-electron chi connectivity index (χ4n) is 1.34. The number of rotatable bonds is 4. The van der Waals surface area contributed by atoms with Crippen molar-refractivity contribution in [2.45, 2.75) is 12.5 Å². The van der Waals surface area contributed by atoms with Gasteiger partial charge in [0, 0.05) is 25.3 Å². The number of hydrogen-bond donors (Lipinski definition) is 1. The Hall–Kier alpha value is -0.870. The Kier molecular flexibility index (Phi) is 3.92. The molecule has 0 bridgehead atoms. The number of nitrogens with zero attached hydrogens (tertiary/aromatic N) is 1. The third-order valence-electron chi connectivity index (χ3n) is 2.18. The van der Waals surface area contributed by atoms with Gasteiger partial charge in [-0.3, -0.25) is 4.90 Å². The van der Waals surface area contributed by atoms with Crippen LogP contribution in [0.2, 0.25) is 0 Å². The minimum atomic E-state index is -0.893. The average Bonchev–Trinajstić information content (AvgIpc) is 2.55. The fourth-order valence-corrected chi connectivity index (χ4v) is 1.34. The first-order valence-corrected chi connectivity index (χ1v) is 4.37. The van der Waals surface area contributed by atoms with Crippen LogP contribution in [-0.2, 0) is 9.53 Å². The van der Waals surface area contributed by atoms with Crippen LogP contribution in [0.5, 0.6) is 0 Å². The van der Waals surface area contributed by atoms with Crippen molar-refractivity contribution in [1.29, 1.82) is 0 Å². The van der Waals surface area contributed by atoms with Crippen molar-refractivity contribution in [3.63, 3.8) is 0 Å². The molecule has 4 heteroatoms. The van der Waals surface area contributed by atoms with Crippen molar-refractivity contribution in [2.24, 2.45) is 0 Å². The number of aliphatic carboxylic acids is 1. The molecule has 0 aromatic carbocycles. The minimum absolute atomic E-state index is 0.443. The molecule has 1 fully saturated rings. The second kappa shape index (κ2) is 4.99. The van der Waals surface area contributed by atoms with Crippen molar-refractivity contribution < 1.29 is 14.6 Å². The zero-order chi connectivity index (χ0) is 9.68. The van der Waals surface area contributed by atoms with Gasteiger partial charge in [-0.25, -0.2) is 4.79 Å². The molecule has 1 heterocycles. The molecule has 0 aromatic heterocycles. The first kappa shape index (κ1) is 10.2. The van der Waals surface area contributed by atoms with E-state index in [9.17, 15) is 4.79 Å². The number of ether oxygens (including phenoxy) is 1. The summed E-state index contributed by atoms with van der Waals surface area (Å²) in [4.78, 5) is 12.3. The molecule has 13 heavy (non-hydrogen) atoms. The van der Waals surface area contributed by atoms with E-state index >= 15 is 0 Å². The van der Waals surface area contributed by atoms with Crippen molar-refractivity contribution in [3.05, 3.63) is 12.2 Å². The summed E-state index contributed by atoms with van der Waals surface area (Å²) in [6.45, 7) is 2.25. The van der Waals surface area contributed by atoms with Gasteiger partial charge in [-0.1, -0.05) is 6.08 Å². The Balaban J connectivity index is 2.23. The molecule has 1 atom stereocenters. The molecule has 0 radical (unpaired) electrons. The van der Waals surface area contributed by atoms with Gasteiger partial charge < -0.3 is 9.84 Å². The van der Waals surface area contributed by atoms with E-state index in [1.54, 1.807) is 6.08 Å². The maximum absolute atomic E-state index is 10.2. The van der Waals surface area contributed by atoms with Crippen molar-refractivity contribution in [3.8, 4) is 0 Å². The van der Waals surface area contributed by atoms with Gasteiger partial charge in [0.25, 0.3) is 0 Å². The van der Waals surface area contributed by atoms with Crippen molar-refractivity contribution in [2.75, 3.05) is 26.8 Å². The maximum atomic E-state index is 10.2. The van der Waals surface area contributed by atoms with E-state index in [-0.39, 0.29) is 0 Å². The number of carbonyl (C=O) groups is 1. The van der Waals surface area contributed by atoms with Gasteiger partial charge in [-0.2, -0.15) is 0 Å². The second-order valence-electron chi connectivity index (χ2n) is 3.20. The van der Waals surface area contributed by atoms with Gasteiger partial charge in [-0.15, -0.1) is 0 Å². The minimum Gasteiger partial charge on any atom is -0.478 e. The van der Waals surface area contributed by atoms with Crippen LogP contribution in [0.15, 0.2) is 12.2 Å². The van der Waals surface area contributed by atoms with E-state index in [4.69, 9.17) is 9.84 Å². The van der Waals surface area contributed by atoms with Gasteiger partial charge in [0.2, 0.25) is 0 Å². The molecule has 4 nitrogen and oxygen atoms in total. The van der Waals surface area contributed by atoms with E-state index in [0.717, 1.165) is 19.6 Å². The second-order valence-corrected chi connectivity index (χ2v) is 3.20. The number of likely N-dealkylation sites (N-methyl/N-ethyl adjacent to an activating group) is 1. The zero-order valence-electron chi connectivity index (χ0n) is 7.77. The molecule has 0 spiro atoms. The molecule has 1 aliphatic rings. The quantitative estimate of drug-likeness (QED) is 0.642. The predicted octanol–water partition coefficient (Wildman–Crippen LogP) is 0.348. The standard InChI is InChI=1S/C9H15NO3/c1-10(5-2-3-9(11)12)8-4-6-13-7-8/h2-3,8H,4-7H2,1H3,(H,11,12)/t8-/m1/s1. The summed E-state index contributed by atoms with van der Waals surface area (Å²) in [7, 11) is 1.98. The third-order valence-corrected chi connectivity index (χ3v) is 2.18. The first-order chi connectivity index (χ1) is 6.20. The lowest BCUT2D eigenvalue weighted by Gasteiger charge is -2.20. The van der Waals surface area contributed by atoms with Crippen LogP contribution >= 0.6 is 0 Å². The molecule has 0 aromatic rings. The predicted molar refractivity (Wildman–Crippen MR) is 48.6 cm³/mol. The SMILES string of the molecule is CN(CC=CC(=O)O)[C@@H]1CCOC1. The summed E-state index contributed by atoms with van der Waals surface area (Å²) in [5.74, 6) is -0.893. The van der Waals surface area contributed by atoms with E-state index < -0.39 is 5.97 Å². The lowest BCUT2D eigenvalue weighted by Crippen LogP contribution is -2.31. The van der Waals surface area contributed by atoms with E-state index in [1.807, 2.05) is 7.05 Å². The summed E-state index contributed by atoms with van der Waals surface area (Å²) in [5, 5.41) is 8.36. The number of carboxylic acid groups (broad SMARTS) is 1. The lowest BCUT2D eigenvalue weighted by atomic mass is 10.2. The molecule has 1 rings (SSSR count). The lowest BCUT2D eigenvalue weighted by molar-refractivity contribution is -0.131.